The lowest BCUT2D eigenvalue weighted by Gasteiger charge is -2.31. The van der Waals surface area contributed by atoms with Gasteiger partial charge in [-0.3, -0.25) is 0 Å². The molecule has 0 aliphatic rings. The molecule has 0 saturated heterocycles. The number of nitrogens with two attached hydrogens (primary N) is 1. The van der Waals surface area contributed by atoms with Crippen molar-refractivity contribution in [1.82, 2.24) is 4.90 Å². The van der Waals surface area contributed by atoms with Crippen LogP contribution in [-0.2, 0) is 6.54 Å². The first-order valence-corrected chi connectivity index (χ1v) is 8.33. The second-order valence-electron chi connectivity index (χ2n) is 7.15. The minimum absolute atomic E-state index is 0.355. The summed E-state index contributed by atoms with van der Waals surface area (Å²) in [7, 11) is 2.18. The van der Waals surface area contributed by atoms with Gasteiger partial charge in [0.2, 0.25) is 0 Å². The zero-order valence-electron chi connectivity index (χ0n) is 14.0. The van der Waals surface area contributed by atoms with E-state index in [1.807, 2.05) is 12.1 Å². The van der Waals surface area contributed by atoms with E-state index in [1.165, 1.54) is 18.4 Å². The molecular weight excluding hydrogens is 280 g/mol. The van der Waals surface area contributed by atoms with E-state index >= 15 is 0 Å². The molecule has 1 atom stereocenters. The average Bonchev–Trinajstić information content (AvgIpc) is 2.39. The largest absolute Gasteiger partial charge is 0.330 e. The lowest BCUT2D eigenvalue weighted by Crippen LogP contribution is -2.25. The van der Waals surface area contributed by atoms with E-state index in [0.29, 0.717) is 11.3 Å². The van der Waals surface area contributed by atoms with E-state index in [0.717, 1.165) is 31.1 Å². The quantitative estimate of drug-likeness (QED) is 0.762. The van der Waals surface area contributed by atoms with Crippen molar-refractivity contribution in [2.75, 3.05) is 20.1 Å². The van der Waals surface area contributed by atoms with Gasteiger partial charge in [0, 0.05) is 11.6 Å². The Labute approximate surface area is 135 Å². The minimum atomic E-state index is 0.355. The first-order valence-electron chi connectivity index (χ1n) is 7.96. The van der Waals surface area contributed by atoms with Crippen molar-refractivity contribution in [1.29, 1.82) is 0 Å². The molecule has 1 aromatic rings. The number of benzene rings is 1. The molecule has 0 spiro atoms. The maximum absolute atomic E-state index is 5.92. The van der Waals surface area contributed by atoms with E-state index in [4.69, 9.17) is 17.3 Å². The van der Waals surface area contributed by atoms with Crippen LogP contribution < -0.4 is 5.73 Å². The monoisotopic (exact) mass is 310 g/mol. The molecule has 0 bridgehead atoms. The van der Waals surface area contributed by atoms with Gasteiger partial charge in [0.05, 0.1) is 0 Å². The number of hydrogen-bond acceptors (Lipinski definition) is 2. The molecule has 2 N–H and O–H groups in total. The molecule has 1 unspecified atom stereocenters. The lowest BCUT2D eigenvalue weighted by molar-refractivity contribution is 0.199. The standard InChI is InChI=1S/C18H31ClN2/c1-18(2,3)16(11-12-20)6-5-13-21(4)14-15-7-9-17(19)10-8-15/h7-10,16H,5-6,11-14,20H2,1-4H3. The van der Waals surface area contributed by atoms with Crippen molar-refractivity contribution in [3.8, 4) is 0 Å². The molecule has 1 rings (SSSR count). The summed E-state index contributed by atoms with van der Waals surface area (Å²) in [5, 5.41) is 0.802. The number of hydrogen-bond donors (Lipinski definition) is 1. The highest BCUT2D eigenvalue weighted by atomic mass is 35.5. The third kappa shape index (κ3) is 7.30. The molecule has 0 aliphatic heterocycles. The smallest absolute Gasteiger partial charge is 0.0406 e. The van der Waals surface area contributed by atoms with Gasteiger partial charge >= 0.3 is 0 Å². The SMILES string of the molecule is CN(CCCC(CCN)C(C)(C)C)Cc1ccc(Cl)cc1. The summed E-state index contributed by atoms with van der Waals surface area (Å²) >= 11 is 5.92. The molecule has 0 heterocycles. The summed E-state index contributed by atoms with van der Waals surface area (Å²) in [4.78, 5) is 2.38. The van der Waals surface area contributed by atoms with E-state index in [1.54, 1.807) is 0 Å². The van der Waals surface area contributed by atoms with E-state index in [2.05, 4.69) is 44.9 Å². The van der Waals surface area contributed by atoms with Crippen molar-refractivity contribution in [2.45, 2.75) is 46.6 Å². The molecular formula is C18H31ClN2. The number of rotatable bonds is 8. The Balaban J connectivity index is 2.35. The zero-order chi connectivity index (χ0) is 15.9. The van der Waals surface area contributed by atoms with Gasteiger partial charge in [-0.2, -0.15) is 0 Å². The normalized spacial score (nSPS) is 13.7. The van der Waals surface area contributed by atoms with Gasteiger partial charge in [0.15, 0.2) is 0 Å². The molecule has 21 heavy (non-hydrogen) atoms. The minimum Gasteiger partial charge on any atom is -0.330 e. The van der Waals surface area contributed by atoms with Crippen LogP contribution in [0.5, 0.6) is 0 Å². The highest BCUT2D eigenvalue weighted by molar-refractivity contribution is 6.30. The second-order valence-corrected chi connectivity index (χ2v) is 7.58. The summed E-state index contributed by atoms with van der Waals surface area (Å²) in [5.74, 6) is 0.714. The highest BCUT2D eigenvalue weighted by Crippen LogP contribution is 2.32. The highest BCUT2D eigenvalue weighted by Gasteiger charge is 2.23. The third-order valence-electron chi connectivity index (χ3n) is 4.20. The van der Waals surface area contributed by atoms with E-state index in [-0.39, 0.29) is 0 Å². The van der Waals surface area contributed by atoms with Gasteiger partial charge in [-0.15, -0.1) is 0 Å². The van der Waals surface area contributed by atoms with Gasteiger partial charge in [-0.1, -0.05) is 44.5 Å². The predicted octanol–water partition coefficient (Wildman–Crippen LogP) is 4.56. The molecule has 120 valence electrons. The maximum Gasteiger partial charge on any atom is 0.0406 e. The molecule has 3 heteroatoms. The van der Waals surface area contributed by atoms with Crippen LogP contribution in [0.15, 0.2) is 24.3 Å². The third-order valence-corrected chi connectivity index (χ3v) is 4.45. The van der Waals surface area contributed by atoms with Crippen LogP contribution in [0.4, 0.5) is 0 Å². The van der Waals surface area contributed by atoms with Crippen molar-refractivity contribution < 1.29 is 0 Å². The van der Waals surface area contributed by atoms with Crippen LogP contribution in [0, 0.1) is 11.3 Å². The zero-order valence-corrected chi connectivity index (χ0v) is 14.8. The van der Waals surface area contributed by atoms with Gasteiger partial charge in [0.1, 0.15) is 0 Å². The molecule has 0 saturated carbocycles. The fraction of sp³-hybridized carbons (Fsp3) is 0.667. The summed E-state index contributed by atoms with van der Waals surface area (Å²) in [6, 6.07) is 8.12. The maximum atomic E-state index is 5.92. The van der Waals surface area contributed by atoms with E-state index in [9.17, 15) is 0 Å². The van der Waals surface area contributed by atoms with Crippen LogP contribution in [0.1, 0.15) is 45.6 Å². The molecule has 0 aliphatic carbocycles. The van der Waals surface area contributed by atoms with Crippen molar-refractivity contribution in [3.63, 3.8) is 0 Å². The summed E-state index contributed by atoms with van der Waals surface area (Å²) in [5.41, 5.74) is 7.42. The van der Waals surface area contributed by atoms with Gasteiger partial charge in [-0.05, 0) is 68.4 Å². The topological polar surface area (TPSA) is 29.3 Å². The fourth-order valence-corrected chi connectivity index (χ4v) is 2.93. The summed E-state index contributed by atoms with van der Waals surface area (Å²) in [6.07, 6.45) is 3.61. The van der Waals surface area contributed by atoms with Crippen LogP contribution in [0.3, 0.4) is 0 Å². The average molecular weight is 311 g/mol. The molecule has 0 amide bonds. The van der Waals surface area contributed by atoms with Gasteiger partial charge < -0.3 is 10.6 Å². The molecule has 2 nitrogen and oxygen atoms in total. The Morgan fingerprint density at radius 3 is 2.29 bits per heavy atom. The molecule has 0 aromatic heterocycles. The first kappa shape index (κ1) is 18.5. The Kier molecular flexibility index (Phi) is 7.72. The fourth-order valence-electron chi connectivity index (χ4n) is 2.80. The van der Waals surface area contributed by atoms with Gasteiger partial charge in [0.25, 0.3) is 0 Å². The predicted molar refractivity (Wildman–Crippen MR) is 93.6 cm³/mol. The lowest BCUT2D eigenvalue weighted by atomic mass is 9.76. The number of nitrogens with zero attached hydrogens (tertiary/aromatic N) is 1. The van der Waals surface area contributed by atoms with Crippen LogP contribution in [-0.4, -0.2) is 25.0 Å². The first-order chi connectivity index (χ1) is 9.82. The van der Waals surface area contributed by atoms with Crippen molar-refractivity contribution in [2.24, 2.45) is 17.1 Å². The second kappa shape index (κ2) is 8.77. The summed E-state index contributed by atoms with van der Waals surface area (Å²) < 4.78 is 0. The Morgan fingerprint density at radius 1 is 1.14 bits per heavy atom. The summed E-state index contributed by atoms with van der Waals surface area (Å²) in [6.45, 7) is 9.87. The van der Waals surface area contributed by atoms with Crippen molar-refractivity contribution >= 4 is 11.6 Å². The van der Waals surface area contributed by atoms with Gasteiger partial charge in [-0.25, -0.2) is 0 Å². The van der Waals surface area contributed by atoms with Crippen LogP contribution >= 0.6 is 11.6 Å². The Bertz CT molecular complexity index is 395. The Hall–Kier alpha value is -0.570. The molecule has 0 radical (unpaired) electrons. The van der Waals surface area contributed by atoms with E-state index < -0.39 is 0 Å². The van der Waals surface area contributed by atoms with Crippen LogP contribution in [0.25, 0.3) is 0 Å². The van der Waals surface area contributed by atoms with Crippen LogP contribution in [0.2, 0.25) is 5.02 Å². The number of halogens is 1. The molecule has 1 aromatic carbocycles. The molecule has 0 fully saturated rings. The Morgan fingerprint density at radius 2 is 1.76 bits per heavy atom. The van der Waals surface area contributed by atoms with Crippen molar-refractivity contribution in [3.05, 3.63) is 34.9 Å².